The van der Waals surface area contributed by atoms with Crippen LogP contribution in [-0.2, 0) is 9.47 Å². The number of amides is 1. The van der Waals surface area contributed by atoms with Gasteiger partial charge in [-0.05, 0) is 12.8 Å². The molecule has 1 amide bonds. The van der Waals surface area contributed by atoms with Gasteiger partial charge in [-0.1, -0.05) is 103 Å². The molecule has 1 saturated heterocycles. The third-order valence-electron chi connectivity index (χ3n) is 5.81. The molecule has 0 aromatic carbocycles. The zero-order chi connectivity index (χ0) is 21.0. The van der Waals surface area contributed by atoms with Crippen LogP contribution < -0.4 is 5.32 Å². The smallest absolute Gasteiger partial charge is 0.409 e. The third kappa shape index (κ3) is 15.7. The molecule has 172 valence electrons. The monoisotopic (exact) mass is 413 g/mol. The molecule has 0 aromatic heterocycles. The molecule has 1 heterocycles. The summed E-state index contributed by atoms with van der Waals surface area (Å²) in [6, 6.07) is 0. The van der Waals surface area contributed by atoms with Crippen molar-refractivity contribution >= 4 is 6.09 Å². The van der Waals surface area contributed by atoms with E-state index in [4.69, 9.17) is 14.6 Å². The standard InChI is InChI=1S/C24H47NO4/c1-2-3-4-5-6-7-8-9-10-11-12-13-14-15-16-17-20-25-24(27)29-23-19-18-22(21-26)28-23/h22-23,26H,2-21H2,1H3,(H,25,27). The van der Waals surface area contributed by atoms with E-state index in [1.807, 2.05) is 0 Å². The molecule has 0 bridgehead atoms. The molecule has 1 aliphatic heterocycles. The molecule has 1 rings (SSSR count). The van der Waals surface area contributed by atoms with Crippen LogP contribution in [0.2, 0.25) is 0 Å². The number of aliphatic hydroxyl groups is 1. The van der Waals surface area contributed by atoms with Crippen molar-refractivity contribution in [3.8, 4) is 0 Å². The van der Waals surface area contributed by atoms with Crippen molar-refractivity contribution in [2.45, 2.75) is 135 Å². The molecular weight excluding hydrogens is 366 g/mol. The number of hydrogen-bond acceptors (Lipinski definition) is 4. The Kier molecular flexibility index (Phi) is 17.3. The van der Waals surface area contributed by atoms with Crippen molar-refractivity contribution < 1.29 is 19.4 Å². The Balaban J connectivity index is 1.73. The first-order valence-electron chi connectivity index (χ1n) is 12.5. The Morgan fingerprint density at radius 1 is 0.828 bits per heavy atom. The van der Waals surface area contributed by atoms with Gasteiger partial charge in [-0.2, -0.15) is 0 Å². The molecule has 2 unspecified atom stereocenters. The zero-order valence-electron chi connectivity index (χ0n) is 19.0. The minimum absolute atomic E-state index is 0.0132. The van der Waals surface area contributed by atoms with Gasteiger partial charge in [-0.15, -0.1) is 0 Å². The van der Waals surface area contributed by atoms with E-state index in [1.165, 1.54) is 89.9 Å². The van der Waals surface area contributed by atoms with Crippen molar-refractivity contribution in [1.29, 1.82) is 0 Å². The number of rotatable bonds is 19. The number of nitrogens with one attached hydrogen (secondary N) is 1. The lowest BCUT2D eigenvalue weighted by Gasteiger charge is -2.13. The third-order valence-corrected chi connectivity index (χ3v) is 5.81. The lowest BCUT2D eigenvalue weighted by molar-refractivity contribution is -0.105. The second kappa shape index (κ2) is 19.2. The topological polar surface area (TPSA) is 67.8 Å². The maximum atomic E-state index is 11.7. The average molecular weight is 414 g/mol. The van der Waals surface area contributed by atoms with Crippen molar-refractivity contribution in [2.75, 3.05) is 13.2 Å². The van der Waals surface area contributed by atoms with Gasteiger partial charge >= 0.3 is 6.09 Å². The van der Waals surface area contributed by atoms with E-state index in [2.05, 4.69) is 12.2 Å². The minimum atomic E-state index is -0.502. The average Bonchev–Trinajstić information content (AvgIpc) is 3.17. The Morgan fingerprint density at radius 2 is 1.31 bits per heavy atom. The Morgan fingerprint density at radius 3 is 1.76 bits per heavy atom. The number of aliphatic hydroxyl groups excluding tert-OH is 1. The van der Waals surface area contributed by atoms with Gasteiger partial charge in [0.1, 0.15) is 0 Å². The van der Waals surface area contributed by atoms with E-state index in [9.17, 15) is 4.79 Å². The maximum absolute atomic E-state index is 11.7. The fourth-order valence-electron chi connectivity index (χ4n) is 3.92. The predicted molar refractivity (Wildman–Crippen MR) is 119 cm³/mol. The Labute approximate surface area is 179 Å². The highest BCUT2D eigenvalue weighted by molar-refractivity contribution is 5.67. The second-order valence-corrected chi connectivity index (χ2v) is 8.58. The van der Waals surface area contributed by atoms with Crippen molar-refractivity contribution in [2.24, 2.45) is 0 Å². The maximum Gasteiger partial charge on any atom is 0.409 e. The molecule has 2 N–H and O–H groups in total. The lowest BCUT2D eigenvalue weighted by Crippen LogP contribution is -2.30. The highest BCUT2D eigenvalue weighted by atomic mass is 16.7. The van der Waals surface area contributed by atoms with Crippen LogP contribution in [0.5, 0.6) is 0 Å². The first kappa shape index (κ1) is 26.2. The van der Waals surface area contributed by atoms with Gasteiger partial charge in [0.05, 0.1) is 12.7 Å². The van der Waals surface area contributed by atoms with E-state index in [-0.39, 0.29) is 12.7 Å². The van der Waals surface area contributed by atoms with Gasteiger partial charge in [-0.3, -0.25) is 0 Å². The van der Waals surface area contributed by atoms with Crippen LogP contribution in [-0.4, -0.2) is 36.7 Å². The number of ether oxygens (including phenoxy) is 2. The van der Waals surface area contributed by atoms with E-state index in [0.717, 1.165) is 19.3 Å². The van der Waals surface area contributed by atoms with Gasteiger partial charge in [0.25, 0.3) is 0 Å². The highest BCUT2D eigenvalue weighted by Gasteiger charge is 2.27. The number of unbranched alkanes of at least 4 members (excludes halogenated alkanes) is 15. The summed E-state index contributed by atoms with van der Waals surface area (Å²) in [5, 5.41) is 11.8. The molecule has 0 radical (unpaired) electrons. The lowest BCUT2D eigenvalue weighted by atomic mass is 10.0. The van der Waals surface area contributed by atoms with Crippen LogP contribution in [0.15, 0.2) is 0 Å². The molecule has 1 aliphatic rings. The van der Waals surface area contributed by atoms with E-state index >= 15 is 0 Å². The summed E-state index contributed by atoms with van der Waals surface area (Å²) in [6.45, 7) is 2.92. The largest absolute Gasteiger partial charge is 0.420 e. The summed E-state index contributed by atoms with van der Waals surface area (Å²) in [7, 11) is 0. The van der Waals surface area contributed by atoms with Gasteiger partial charge in [0.15, 0.2) is 0 Å². The van der Waals surface area contributed by atoms with Crippen molar-refractivity contribution in [3.63, 3.8) is 0 Å². The van der Waals surface area contributed by atoms with Gasteiger partial charge in [0.2, 0.25) is 6.29 Å². The molecule has 0 spiro atoms. The second-order valence-electron chi connectivity index (χ2n) is 8.58. The Hall–Kier alpha value is -0.810. The Bertz CT molecular complexity index is 378. The summed E-state index contributed by atoms with van der Waals surface area (Å²) in [6.07, 6.45) is 21.9. The number of carbonyl (C=O) groups is 1. The molecule has 0 aromatic rings. The molecule has 0 saturated carbocycles. The van der Waals surface area contributed by atoms with E-state index in [0.29, 0.717) is 13.0 Å². The molecule has 5 nitrogen and oxygen atoms in total. The SMILES string of the molecule is CCCCCCCCCCCCCCCCCCNC(=O)OC1CCC(CO)O1. The van der Waals surface area contributed by atoms with Crippen LogP contribution in [0, 0.1) is 0 Å². The van der Waals surface area contributed by atoms with Gasteiger partial charge in [-0.25, -0.2) is 4.79 Å². The van der Waals surface area contributed by atoms with Crippen LogP contribution >= 0.6 is 0 Å². The first-order chi connectivity index (χ1) is 14.3. The van der Waals surface area contributed by atoms with Crippen molar-refractivity contribution in [1.82, 2.24) is 5.32 Å². The molecule has 29 heavy (non-hydrogen) atoms. The quantitative estimate of drug-likeness (QED) is 0.238. The highest BCUT2D eigenvalue weighted by Crippen LogP contribution is 2.20. The summed E-state index contributed by atoms with van der Waals surface area (Å²) >= 11 is 0. The normalized spacial score (nSPS) is 18.8. The molecule has 2 atom stereocenters. The number of carbonyl (C=O) groups excluding carboxylic acids is 1. The van der Waals surface area contributed by atoms with E-state index < -0.39 is 12.4 Å². The van der Waals surface area contributed by atoms with E-state index in [1.54, 1.807) is 0 Å². The summed E-state index contributed by atoms with van der Waals surface area (Å²) in [5.74, 6) is 0. The molecular formula is C24H47NO4. The van der Waals surface area contributed by atoms with Crippen LogP contribution in [0.1, 0.15) is 122 Å². The fraction of sp³-hybridized carbons (Fsp3) is 0.958. The predicted octanol–water partition coefficient (Wildman–Crippen LogP) is 6.47. The van der Waals surface area contributed by atoms with Gasteiger partial charge in [0, 0.05) is 13.0 Å². The summed E-state index contributed by atoms with van der Waals surface area (Å²) in [5.41, 5.74) is 0. The zero-order valence-corrected chi connectivity index (χ0v) is 19.0. The molecule has 0 aliphatic carbocycles. The number of hydrogen-bond donors (Lipinski definition) is 2. The van der Waals surface area contributed by atoms with Crippen molar-refractivity contribution in [3.05, 3.63) is 0 Å². The fourth-order valence-corrected chi connectivity index (χ4v) is 3.92. The van der Waals surface area contributed by atoms with Crippen LogP contribution in [0.4, 0.5) is 4.79 Å². The molecule has 1 fully saturated rings. The minimum Gasteiger partial charge on any atom is -0.420 e. The summed E-state index contributed by atoms with van der Waals surface area (Å²) in [4.78, 5) is 11.7. The first-order valence-corrected chi connectivity index (χ1v) is 12.5. The van der Waals surface area contributed by atoms with Crippen LogP contribution in [0.3, 0.4) is 0 Å². The summed E-state index contributed by atoms with van der Waals surface area (Å²) < 4.78 is 10.6. The van der Waals surface area contributed by atoms with Gasteiger partial charge < -0.3 is 19.9 Å². The number of alkyl carbamates (subject to hydrolysis) is 1. The van der Waals surface area contributed by atoms with Crippen LogP contribution in [0.25, 0.3) is 0 Å². The molecule has 5 heteroatoms.